The number of ether oxygens (including phenoxy) is 2. The van der Waals surface area contributed by atoms with Crippen LogP contribution in [0.25, 0.3) is 0 Å². The van der Waals surface area contributed by atoms with Gasteiger partial charge in [0, 0.05) is 12.6 Å². The normalized spacial score (nSPS) is 16.7. The first kappa shape index (κ1) is 22.7. The molecule has 2 aliphatic rings. The molecule has 2 aliphatic heterocycles. The number of hydrogen-bond donors (Lipinski definition) is 1. The maximum atomic E-state index is 7.83. The number of fused-ring (bicyclic) bond motifs is 1. The van der Waals surface area contributed by atoms with Crippen molar-refractivity contribution in [3.63, 3.8) is 0 Å². The molecule has 0 bridgehead atoms. The third kappa shape index (κ3) is 4.31. The van der Waals surface area contributed by atoms with Gasteiger partial charge in [0.15, 0.2) is 11.5 Å². The molecule has 4 rings (SSSR count). The smallest absolute Gasteiger partial charge is 1.00 e. The van der Waals surface area contributed by atoms with E-state index in [1.54, 1.807) is 11.2 Å². The number of hydrazone groups is 1. The maximum absolute atomic E-state index is 7.83. The van der Waals surface area contributed by atoms with Gasteiger partial charge in [0.05, 0.1) is 17.4 Å². The van der Waals surface area contributed by atoms with Gasteiger partial charge >= 0.3 is 22.4 Å². The summed E-state index contributed by atoms with van der Waals surface area (Å²) in [6.45, 7) is 0.236. The summed E-state index contributed by atoms with van der Waals surface area (Å²) in [5.74, 6) is 1.45. The SMILES string of the molecule is N=C([S-])N1N=C(c2ccccn2)CC1c1ccc2c(c1)OCO2.[Au+3].[Cl-].[Cl-]. The van der Waals surface area contributed by atoms with Crippen LogP contribution < -0.4 is 34.3 Å². The zero-order valence-electron chi connectivity index (χ0n) is 13.2. The van der Waals surface area contributed by atoms with Gasteiger partial charge in [-0.25, -0.2) is 0 Å². The average Bonchev–Trinajstić information content (AvgIpc) is 3.22. The van der Waals surface area contributed by atoms with Crippen LogP contribution in [0.1, 0.15) is 23.7 Å². The van der Waals surface area contributed by atoms with E-state index >= 15 is 0 Å². The number of halogens is 2. The molecule has 140 valence electrons. The van der Waals surface area contributed by atoms with Crippen molar-refractivity contribution in [2.24, 2.45) is 5.10 Å². The fourth-order valence-electron chi connectivity index (χ4n) is 2.77. The molecule has 1 atom stereocenters. The number of rotatable bonds is 2. The Balaban J connectivity index is 0.00000113. The van der Waals surface area contributed by atoms with Crippen LogP contribution in [0.3, 0.4) is 0 Å². The molecule has 6 nitrogen and oxygen atoms in total. The average molecular weight is 593 g/mol. The Kier molecular flexibility index (Phi) is 8.33. The molecule has 26 heavy (non-hydrogen) atoms. The molecule has 0 fully saturated rings. The van der Waals surface area contributed by atoms with Gasteiger partial charge in [0.25, 0.3) is 0 Å². The van der Waals surface area contributed by atoms with Crippen LogP contribution in [-0.2, 0) is 35.0 Å². The Hall–Kier alpha value is -1.35. The summed E-state index contributed by atoms with van der Waals surface area (Å²) >= 11 is 5.04. The van der Waals surface area contributed by atoms with Crippen molar-refractivity contribution in [2.75, 3.05) is 6.79 Å². The second-order valence-corrected chi connectivity index (χ2v) is 5.63. The number of nitrogens with one attached hydrogen (secondary N) is 1. The van der Waals surface area contributed by atoms with Gasteiger partial charge in [0.1, 0.15) is 0 Å². The second-order valence-electron chi connectivity index (χ2n) is 5.24. The monoisotopic (exact) mass is 592 g/mol. The van der Waals surface area contributed by atoms with Gasteiger partial charge in [-0.05, 0) is 35.0 Å². The number of pyridine rings is 1. The summed E-state index contributed by atoms with van der Waals surface area (Å²) in [5, 5.41) is 13.9. The predicted molar refractivity (Wildman–Crippen MR) is 87.6 cm³/mol. The largest absolute Gasteiger partial charge is 3.00 e. The minimum atomic E-state index is -0.133. The summed E-state index contributed by atoms with van der Waals surface area (Å²) in [7, 11) is 0. The van der Waals surface area contributed by atoms with E-state index in [2.05, 4.69) is 10.1 Å². The van der Waals surface area contributed by atoms with E-state index in [-0.39, 0.29) is 65.2 Å². The molecule has 1 N–H and O–H groups in total. The van der Waals surface area contributed by atoms with Crippen molar-refractivity contribution >= 4 is 23.5 Å². The van der Waals surface area contributed by atoms with Crippen molar-refractivity contribution in [3.05, 3.63) is 53.9 Å². The fraction of sp³-hybridized carbons (Fsp3) is 0.188. The fourth-order valence-corrected chi connectivity index (χ4v) is 2.93. The predicted octanol–water partition coefficient (Wildman–Crippen LogP) is -3.55. The maximum Gasteiger partial charge on any atom is 3.00 e. The molecular weight excluding hydrogens is 580 g/mol. The standard InChI is InChI=1S/C16H14N4O2S.Au.2ClH/c17-16(23)20-13(8-12(19-20)11-3-1-2-6-18-11)10-4-5-14-15(7-10)22-9-21-14;;;/h1-7,13H,8-9H2,(H2,17,23);;2*1H/q;+3;;/p-3. The van der Waals surface area contributed by atoms with E-state index in [1.165, 1.54) is 0 Å². The minimum Gasteiger partial charge on any atom is -1.00 e. The molecule has 0 amide bonds. The first-order chi connectivity index (χ1) is 11.2. The van der Waals surface area contributed by atoms with Gasteiger partial charge in [-0.1, -0.05) is 12.1 Å². The Bertz CT molecular complexity index is 810. The Labute approximate surface area is 184 Å². The van der Waals surface area contributed by atoms with Crippen molar-refractivity contribution in [2.45, 2.75) is 12.5 Å². The minimum absolute atomic E-state index is 0. The molecule has 0 radical (unpaired) electrons. The molecule has 3 heterocycles. The van der Waals surface area contributed by atoms with Gasteiger partial charge in [-0.3, -0.25) is 9.99 Å². The van der Waals surface area contributed by atoms with Crippen molar-refractivity contribution in [1.82, 2.24) is 9.99 Å². The first-order valence-corrected chi connectivity index (χ1v) is 7.56. The van der Waals surface area contributed by atoms with E-state index < -0.39 is 0 Å². The zero-order valence-corrected chi connectivity index (χ0v) is 17.7. The van der Waals surface area contributed by atoms with Crippen molar-refractivity contribution in [1.29, 1.82) is 5.41 Å². The van der Waals surface area contributed by atoms with E-state index in [1.807, 2.05) is 36.4 Å². The van der Waals surface area contributed by atoms with Gasteiger partial charge in [0.2, 0.25) is 6.79 Å². The van der Waals surface area contributed by atoms with Gasteiger partial charge in [-0.2, -0.15) is 5.10 Å². The summed E-state index contributed by atoms with van der Waals surface area (Å²) in [6.07, 6.45) is 2.37. The summed E-state index contributed by atoms with van der Waals surface area (Å²) in [4.78, 5) is 4.33. The topological polar surface area (TPSA) is 70.8 Å². The van der Waals surface area contributed by atoms with E-state index in [0.29, 0.717) is 12.2 Å². The zero-order chi connectivity index (χ0) is 15.8. The second kappa shape index (κ2) is 9.55. The number of hydrogen-bond acceptors (Lipinski definition) is 6. The summed E-state index contributed by atoms with van der Waals surface area (Å²) in [6, 6.07) is 11.3. The number of aromatic nitrogens is 1. The van der Waals surface area contributed by atoms with Crippen LogP contribution in [-0.4, -0.2) is 27.7 Å². The Morgan fingerprint density at radius 3 is 2.62 bits per heavy atom. The van der Waals surface area contributed by atoms with Crippen LogP contribution in [0.5, 0.6) is 11.5 Å². The number of benzene rings is 1. The molecule has 0 spiro atoms. The third-order valence-corrected chi connectivity index (χ3v) is 4.05. The number of amidine groups is 1. The van der Waals surface area contributed by atoms with Crippen LogP contribution in [0.15, 0.2) is 47.7 Å². The van der Waals surface area contributed by atoms with Gasteiger partial charge in [-0.15, -0.1) is 0 Å². The van der Waals surface area contributed by atoms with Crippen LogP contribution in [0, 0.1) is 5.41 Å². The van der Waals surface area contributed by atoms with Crippen LogP contribution >= 0.6 is 0 Å². The molecule has 0 saturated heterocycles. The van der Waals surface area contributed by atoms with Crippen molar-refractivity contribution in [3.8, 4) is 11.5 Å². The molecule has 2 aromatic rings. The van der Waals surface area contributed by atoms with Crippen LogP contribution in [0.2, 0.25) is 0 Å². The molecule has 1 unspecified atom stereocenters. The Morgan fingerprint density at radius 2 is 1.92 bits per heavy atom. The molecule has 0 aliphatic carbocycles. The third-order valence-electron chi connectivity index (χ3n) is 3.86. The number of nitrogens with zero attached hydrogens (tertiary/aromatic N) is 3. The Morgan fingerprint density at radius 1 is 1.15 bits per heavy atom. The van der Waals surface area contributed by atoms with Crippen molar-refractivity contribution < 1.29 is 56.7 Å². The van der Waals surface area contributed by atoms with E-state index in [4.69, 9.17) is 27.5 Å². The first-order valence-electron chi connectivity index (χ1n) is 7.15. The molecular formula is C16H13AuCl2N4O2S. The summed E-state index contributed by atoms with van der Waals surface area (Å²) < 4.78 is 10.8. The quantitative estimate of drug-likeness (QED) is 0.169. The van der Waals surface area contributed by atoms with Gasteiger partial charge < -0.3 is 52.3 Å². The molecule has 1 aromatic heterocycles. The van der Waals surface area contributed by atoms with E-state index in [9.17, 15) is 0 Å². The molecule has 0 saturated carbocycles. The van der Waals surface area contributed by atoms with E-state index in [0.717, 1.165) is 22.7 Å². The molecule has 1 aromatic carbocycles. The van der Waals surface area contributed by atoms with Crippen LogP contribution in [0.4, 0.5) is 0 Å². The molecule has 10 heteroatoms. The summed E-state index contributed by atoms with van der Waals surface area (Å²) in [5.41, 5.74) is 2.61.